The average molecular weight is 363 g/mol. The van der Waals surface area contributed by atoms with Gasteiger partial charge in [-0.25, -0.2) is 9.18 Å². The third-order valence-corrected chi connectivity index (χ3v) is 4.64. The van der Waals surface area contributed by atoms with Gasteiger partial charge in [0.05, 0.1) is 0 Å². The van der Waals surface area contributed by atoms with Crippen LogP contribution in [-0.4, -0.2) is 19.1 Å². The second kappa shape index (κ2) is 6.08. The number of nitrogens with one attached hydrogen (secondary N) is 1. The van der Waals surface area contributed by atoms with Gasteiger partial charge in [-0.1, -0.05) is 34.1 Å². The fraction of sp³-hybridized carbons (Fsp3) is 0.235. The maximum Gasteiger partial charge on any atom is 0.321 e. The number of anilines is 1. The third kappa shape index (κ3) is 3.14. The summed E-state index contributed by atoms with van der Waals surface area (Å²) >= 11 is 3.54. The van der Waals surface area contributed by atoms with Gasteiger partial charge in [-0.3, -0.25) is 4.90 Å². The highest BCUT2D eigenvalue weighted by Gasteiger charge is 2.40. The van der Waals surface area contributed by atoms with Crippen LogP contribution in [0.2, 0.25) is 0 Å². The normalized spacial score (nSPS) is 19.6. The zero-order chi connectivity index (χ0) is 15.7. The third-order valence-electron chi connectivity index (χ3n) is 3.92. The first kappa shape index (κ1) is 15.0. The predicted octanol–water partition coefficient (Wildman–Crippen LogP) is 4.29. The number of nitrogens with zero attached hydrogens (tertiary/aromatic N) is 1. The van der Waals surface area contributed by atoms with Crippen LogP contribution >= 0.6 is 15.9 Å². The number of carbonyl (C=O) groups excluding carboxylic acids is 1. The maximum atomic E-state index is 12.9. The van der Waals surface area contributed by atoms with Crippen molar-refractivity contribution in [3.05, 3.63) is 64.4 Å². The van der Waals surface area contributed by atoms with Crippen LogP contribution in [0.3, 0.4) is 0 Å². The van der Waals surface area contributed by atoms with Crippen molar-refractivity contribution in [1.82, 2.24) is 5.32 Å². The molecule has 3 nitrogen and oxygen atoms in total. The fourth-order valence-corrected chi connectivity index (χ4v) is 3.09. The Labute approximate surface area is 137 Å². The molecule has 114 valence electrons. The summed E-state index contributed by atoms with van der Waals surface area (Å²) in [5, 5.41) is 3.01. The molecule has 2 aromatic rings. The van der Waals surface area contributed by atoms with Gasteiger partial charge in [0, 0.05) is 29.2 Å². The number of amides is 2. The summed E-state index contributed by atoms with van der Waals surface area (Å²) in [6, 6.07) is 13.9. The SMILES string of the molecule is CN(C(=O)N[C@@H]1C[C@H]1c1ccccc1Br)c1ccc(F)cc1. The lowest BCUT2D eigenvalue weighted by Crippen LogP contribution is -2.39. The van der Waals surface area contributed by atoms with Crippen molar-refractivity contribution >= 4 is 27.6 Å². The Bertz CT molecular complexity index is 689. The molecule has 0 saturated heterocycles. The van der Waals surface area contributed by atoms with Gasteiger partial charge in [-0.2, -0.15) is 0 Å². The van der Waals surface area contributed by atoms with Gasteiger partial charge in [0.2, 0.25) is 0 Å². The molecule has 0 bridgehead atoms. The lowest BCUT2D eigenvalue weighted by atomic mass is 10.1. The van der Waals surface area contributed by atoms with E-state index in [4.69, 9.17) is 0 Å². The Balaban J connectivity index is 1.61. The van der Waals surface area contributed by atoms with E-state index in [-0.39, 0.29) is 17.9 Å². The molecule has 3 rings (SSSR count). The van der Waals surface area contributed by atoms with Crippen LogP contribution in [0, 0.1) is 5.82 Å². The first-order valence-electron chi connectivity index (χ1n) is 7.10. The molecule has 1 N–H and O–H groups in total. The van der Waals surface area contributed by atoms with E-state index in [1.165, 1.54) is 22.6 Å². The quantitative estimate of drug-likeness (QED) is 0.867. The lowest BCUT2D eigenvalue weighted by Gasteiger charge is -2.18. The number of hydrogen-bond donors (Lipinski definition) is 1. The van der Waals surface area contributed by atoms with E-state index in [9.17, 15) is 9.18 Å². The molecular formula is C17H16BrFN2O. The van der Waals surface area contributed by atoms with Gasteiger partial charge in [-0.05, 0) is 42.3 Å². The molecule has 0 aromatic heterocycles. The molecule has 1 fully saturated rings. The van der Waals surface area contributed by atoms with E-state index < -0.39 is 0 Å². The minimum Gasteiger partial charge on any atom is -0.334 e. The van der Waals surface area contributed by atoms with Crippen LogP contribution in [0.25, 0.3) is 0 Å². The molecule has 1 aliphatic carbocycles. The number of rotatable bonds is 3. The zero-order valence-electron chi connectivity index (χ0n) is 12.1. The first-order chi connectivity index (χ1) is 10.6. The minimum absolute atomic E-state index is 0.147. The smallest absolute Gasteiger partial charge is 0.321 e. The highest BCUT2D eigenvalue weighted by Crippen LogP contribution is 2.43. The number of halogens is 2. The summed E-state index contributed by atoms with van der Waals surface area (Å²) in [7, 11) is 1.68. The molecule has 2 aromatic carbocycles. The highest BCUT2D eigenvalue weighted by atomic mass is 79.9. The van der Waals surface area contributed by atoms with Gasteiger partial charge in [0.15, 0.2) is 0 Å². The van der Waals surface area contributed by atoms with Crippen LogP contribution in [0.5, 0.6) is 0 Å². The summed E-state index contributed by atoms with van der Waals surface area (Å²) in [5.74, 6) is 0.0369. The second-order valence-corrected chi connectivity index (χ2v) is 6.31. The molecule has 5 heteroatoms. The van der Waals surface area contributed by atoms with E-state index in [1.807, 2.05) is 18.2 Å². The van der Waals surface area contributed by atoms with Crippen molar-refractivity contribution < 1.29 is 9.18 Å². The standard InChI is InChI=1S/C17H16BrFN2O/c1-21(12-8-6-11(19)7-9-12)17(22)20-16-10-14(16)13-4-2-3-5-15(13)18/h2-9,14,16H,10H2,1H3,(H,20,22)/t14-,16+/m0/s1. The molecule has 2 amide bonds. The highest BCUT2D eigenvalue weighted by molar-refractivity contribution is 9.10. The van der Waals surface area contributed by atoms with Crippen LogP contribution < -0.4 is 10.2 Å². The number of benzene rings is 2. The van der Waals surface area contributed by atoms with Gasteiger partial charge < -0.3 is 5.32 Å². The molecule has 0 aliphatic heterocycles. The summed E-state index contributed by atoms with van der Waals surface area (Å²) in [4.78, 5) is 13.7. The van der Waals surface area contributed by atoms with E-state index in [2.05, 4.69) is 27.3 Å². The van der Waals surface area contributed by atoms with Crippen LogP contribution in [0.15, 0.2) is 53.0 Å². The summed E-state index contributed by atoms with van der Waals surface area (Å²) < 4.78 is 14.0. The molecule has 1 aliphatic rings. The van der Waals surface area contributed by atoms with Crippen molar-refractivity contribution in [3.63, 3.8) is 0 Å². The number of urea groups is 1. The van der Waals surface area contributed by atoms with Crippen LogP contribution in [-0.2, 0) is 0 Å². The Morgan fingerprint density at radius 3 is 2.59 bits per heavy atom. The van der Waals surface area contributed by atoms with Crippen molar-refractivity contribution in [2.45, 2.75) is 18.4 Å². The summed E-state index contributed by atoms with van der Waals surface area (Å²) in [6.45, 7) is 0. The predicted molar refractivity (Wildman–Crippen MR) is 88.6 cm³/mol. The van der Waals surface area contributed by atoms with Gasteiger partial charge in [-0.15, -0.1) is 0 Å². The molecule has 2 atom stereocenters. The molecule has 0 spiro atoms. The monoisotopic (exact) mass is 362 g/mol. The van der Waals surface area contributed by atoms with Gasteiger partial charge in [0.1, 0.15) is 5.82 Å². The minimum atomic E-state index is -0.311. The van der Waals surface area contributed by atoms with Crippen LogP contribution in [0.4, 0.5) is 14.9 Å². The number of carbonyl (C=O) groups is 1. The molecule has 1 saturated carbocycles. The summed E-state index contributed by atoms with van der Waals surface area (Å²) in [6.07, 6.45) is 0.936. The van der Waals surface area contributed by atoms with Gasteiger partial charge in [0.25, 0.3) is 0 Å². The van der Waals surface area contributed by atoms with E-state index in [0.717, 1.165) is 10.9 Å². The topological polar surface area (TPSA) is 32.3 Å². The van der Waals surface area contributed by atoms with E-state index >= 15 is 0 Å². The fourth-order valence-electron chi connectivity index (χ4n) is 2.51. The summed E-state index contributed by atoms with van der Waals surface area (Å²) in [5.41, 5.74) is 1.88. The maximum absolute atomic E-state index is 12.9. The molecule has 0 unspecified atom stereocenters. The van der Waals surface area contributed by atoms with Gasteiger partial charge >= 0.3 is 6.03 Å². The average Bonchev–Trinajstić information content (AvgIpc) is 3.26. The lowest BCUT2D eigenvalue weighted by molar-refractivity contribution is 0.247. The molecular weight excluding hydrogens is 347 g/mol. The van der Waals surface area contributed by atoms with Crippen molar-refractivity contribution in [1.29, 1.82) is 0 Å². The molecule has 0 heterocycles. The van der Waals surface area contributed by atoms with E-state index in [0.29, 0.717) is 11.6 Å². The van der Waals surface area contributed by atoms with E-state index in [1.54, 1.807) is 19.2 Å². The van der Waals surface area contributed by atoms with Crippen molar-refractivity contribution in [3.8, 4) is 0 Å². The molecule has 0 radical (unpaired) electrons. The Morgan fingerprint density at radius 1 is 1.23 bits per heavy atom. The zero-order valence-corrected chi connectivity index (χ0v) is 13.7. The Morgan fingerprint density at radius 2 is 1.91 bits per heavy atom. The largest absolute Gasteiger partial charge is 0.334 e. The Hall–Kier alpha value is -1.88. The van der Waals surface area contributed by atoms with Crippen molar-refractivity contribution in [2.24, 2.45) is 0 Å². The first-order valence-corrected chi connectivity index (χ1v) is 7.90. The van der Waals surface area contributed by atoms with Crippen molar-refractivity contribution in [2.75, 3.05) is 11.9 Å². The molecule has 22 heavy (non-hydrogen) atoms. The second-order valence-electron chi connectivity index (χ2n) is 5.46. The Kier molecular flexibility index (Phi) is 4.16. The van der Waals surface area contributed by atoms with Crippen LogP contribution in [0.1, 0.15) is 17.9 Å². The number of hydrogen-bond acceptors (Lipinski definition) is 1.